The van der Waals surface area contributed by atoms with Crippen LogP contribution in [0, 0.1) is 0 Å². The third-order valence-electron chi connectivity index (χ3n) is 12.5. The maximum absolute atomic E-state index is 2.47. The van der Waals surface area contributed by atoms with E-state index in [4.69, 9.17) is 0 Å². The van der Waals surface area contributed by atoms with Gasteiger partial charge < -0.3 is 9.47 Å². The largest absolute Gasteiger partial charge is 0.310 e. The lowest BCUT2D eigenvalue weighted by molar-refractivity contribution is 1.20. The van der Waals surface area contributed by atoms with Crippen molar-refractivity contribution in [3.63, 3.8) is 0 Å². The van der Waals surface area contributed by atoms with Gasteiger partial charge in [-0.25, -0.2) is 0 Å². The fraction of sp³-hybridized carbons (Fsp3) is 0. The summed E-state index contributed by atoms with van der Waals surface area (Å²) in [5.41, 5.74) is 14.0. The zero-order valence-corrected chi connectivity index (χ0v) is 34.0. The molecule has 0 bridgehead atoms. The first kappa shape index (κ1) is 35.7. The fourth-order valence-corrected chi connectivity index (χ4v) is 9.85. The molecular weight excluding hydrogens is 749 g/mol. The molecule has 0 spiro atoms. The van der Waals surface area contributed by atoms with E-state index >= 15 is 0 Å². The maximum Gasteiger partial charge on any atom is 0.0542 e. The average Bonchev–Trinajstić information content (AvgIpc) is 3.68. The quantitative estimate of drug-likeness (QED) is 0.146. The van der Waals surface area contributed by atoms with Crippen molar-refractivity contribution < 1.29 is 0 Å². The van der Waals surface area contributed by atoms with Crippen molar-refractivity contribution in [2.24, 2.45) is 0 Å². The van der Waals surface area contributed by atoms with Crippen LogP contribution in [-0.2, 0) is 0 Å². The lowest BCUT2D eigenvalue weighted by Gasteiger charge is -2.29. The molecule has 0 aliphatic carbocycles. The maximum atomic E-state index is 2.47. The van der Waals surface area contributed by atoms with E-state index < -0.39 is 0 Å². The van der Waals surface area contributed by atoms with E-state index in [2.05, 4.69) is 252 Å². The minimum atomic E-state index is 1.09. The minimum Gasteiger partial charge on any atom is -0.310 e. The van der Waals surface area contributed by atoms with Crippen LogP contribution in [0.4, 0.5) is 17.1 Å². The summed E-state index contributed by atoms with van der Waals surface area (Å²) in [5, 5.41) is 9.81. The highest BCUT2D eigenvalue weighted by atomic mass is 15.1. The molecule has 0 saturated carbocycles. The molecule has 290 valence electrons. The highest BCUT2D eigenvalue weighted by Gasteiger charge is 2.23. The molecule has 11 aromatic carbocycles. The number of benzene rings is 11. The van der Waals surface area contributed by atoms with Gasteiger partial charge in [0.25, 0.3) is 0 Å². The van der Waals surface area contributed by atoms with Crippen molar-refractivity contribution in [3.8, 4) is 39.1 Å². The Bertz CT molecular complexity index is 3620. The van der Waals surface area contributed by atoms with E-state index in [1.807, 2.05) is 0 Å². The molecule has 0 atom stereocenters. The Labute approximate surface area is 360 Å². The van der Waals surface area contributed by atoms with Crippen LogP contribution in [0.1, 0.15) is 0 Å². The second-order valence-electron chi connectivity index (χ2n) is 16.0. The van der Waals surface area contributed by atoms with Gasteiger partial charge in [-0.2, -0.15) is 0 Å². The molecule has 12 rings (SSSR count). The van der Waals surface area contributed by atoms with Crippen molar-refractivity contribution in [3.05, 3.63) is 243 Å². The second kappa shape index (κ2) is 14.8. The number of nitrogens with zero attached hydrogens (tertiary/aromatic N) is 2. The Hall–Kier alpha value is -8.20. The van der Waals surface area contributed by atoms with Gasteiger partial charge in [0.1, 0.15) is 0 Å². The van der Waals surface area contributed by atoms with Crippen molar-refractivity contribution in [1.82, 2.24) is 4.57 Å². The van der Waals surface area contributed by atoms with Crippen LogP contribution in [0.3, 0.4) is 0 Å². The summed E-state index contributed by atoms with van der Waals surface area (Å²) in [6, 6.07) is 88.6. The monoisotopic (exact) mass is 788 g/mol. The molecule has 2 nitrogen and oxygen atoms in total. The van der Waals surface area contributed by atoms with Crippen LogP contribution >= 0.6 is 0 Å². The van der Waals surface area contributed by atoms with Gasteiger partial charge in [0.05, 0.1) is 22.4 Å². The molecule has 1 heterocycles. The molecule has 0 radical (unpaired) electrons. The number of anilines is 3. The van der Waals surface area contributed by atoms with E-state index in [0.717, 1.165) is 17.1 Å². The summed E-state index contributed by atoms with van der Waals surface area (Å²) in [4.78, 5) is 2.47. The van der Waals surface area contributed by atoms with Crippen LogP contribution in [0.2, 0.25) is 0 Å². The normalized spacial score (nSPS) is 11.5. The summed E-state index contributed by atoms with van der Waals surface area (Å²) in [5.74, 6) is 0. The molecule has 0 aliphatic heterocycles. The molecule has 62 heavy (non-hydrogen) atoms. The number of rotatable bonds is 7. The number of hydrogen-bond donors (Lipinski definition) is 0. The van der Waals surface area contributed by atoms with E-state index in [-0.39, 0.29) is 0 Å². The Kier molecular flexibility index (Phi) is 8.53. The van der Waals surface area contributed by atoms with Gasteiger partial charge in [-0.3, -0.25) is 0 Å². The third kappa shape index (κ3) is 5.80. The van der Waals surface area contributed by atoms with Crippen LogP contribution in [0.15, 0.2) is 243 Å². The number of hydrogen-bond acceptors (Lipinski definition) is 1. The predicted molar refractivity (Wildman–Crippen MR) is 264 cm³/mol. The van der Waals surface area contributed by atoms with Gasteiger partial charge in [-0.05, 0) is 103 Å². The van der Waals surface area contributed by atoms with Gasteiger partial charge in [-0.1, -0.05) is 194 Å². The zero-order chi connectivity index (χ0) is 41.0. The Morgan fingerprint density at radius 2 is 0.790 bits per heavy atom. The van der Waals surface area contributed by atoms with Crippen molar-refractivity contribution in [2.75, 3.05) is 4.90 Å². The first-order valence-corrected chi connectivity index (χ1v) is 21.4. The smallest absolute Gasteiger partial charge is 0.0542 e. The summed E-state index contributed by atoms with van der Waals surface area (Å²) < 4.78 is 2.44. The van der Waals surface area contributed by atoms with Crippen LogP contribution < -0.4 is 4.90 Å². The molecule has 0 N–H and O–H groups in total. The van der Waals surface area contributed by atoms with Crippen molar-refractivity contribution >= 4 is 71.2 Å². The third-order valence-corrected chi connectivity index (χ3v) is 12.5. The van der Waals surface area contributed by atoms with Crippen LogP contribution in [0.5, 0.6) is 0 Å². The highest BCUT2D eigenvalue weighted by molar-refractivity contribution is 6.22. The van der Waals surface area contributed by atoms with Crippen molar-refractivity contribution in [2.45, 2.75) is 0 Å². The first-order valence-electron chi connectivity index (χ1n) is 21.4. The van der Waals surface area contributed by atoms with Crippen molar-refractivity contribution in [1.29, 1.82) is 0 Å². The second-order valence-corrected chi connectivity index (χ2v) is 16.0. The zero-order valence-electron chi connectivity index (χ0n) is 34.0. The molecule has 12 aromatic rings. The Balaban J connectivity index is 1.17. The molecular formula is C60H40N2. The van der Waals surface area contributed by atoms with Gasteiger partial charge in [0, 0.05) is 33.1 Å². The van der Waals surface area contributed by atoms with E-state index in [1.54, 1.807) is 0 Å². The fourth-order valence-electron chi connectivity index (χ4n) is 9.85. The summed E-state index contributed by atoms with van der Waals surface area (Å²) >= 11 is 0. The van der Waals surface area contributed by atoms with E-state index in [9.17, 15) is 0 Å². The number of fused-ring (bicyclic) bond motifs is 7. The summed E-state index contributed by atoms with van der Waals surface area (Å²) in [7, 11) is 0. The van der Waals surface area contributed by atoms with Gasteiger partial charge >= 0.3 is 0 Å². The van der Waals surface area contributed by atoms with E-state index in [0.29, 0.717) is 0 Å². The Morgan fingerprint density at radius 3 is 1.53 bits per heavy atom. The van der Waals surface area contributed by atoms with Gasteiger partial charge in [-0.15, -0.1) is 0 Å². The topological polar surface area (TPSA) is 8.17 Å². The standard InChI is InChI=1S/C60H40N2/c1-4-19-41(20-5-1)47-28-14-16-32-55(47)61(46-36-38-58-53(39-46)51-30-15-17-33-57(51)62(58)56-34-18-26-42-21-10-11-27-48(42)56)45-35-37-50-49-29-12-13-31-52(49)59(43-22-6-2-7-23-43)60(54(50)40-45)44-24-8-3-9-25-44/h1-40H. The SMILES string of the molecule is c1ccc(-c2ccccc2N(c2ccc3c(c2)c(-c2ccccc2)c(-c2ccccc2)c2ccccc23)c2ccc3c(c2)c2ccccc2n3-c2cccc3ccccc23)cc1. The van der Waals surface area contributed by atoms with E-state index in [1.165, 1.54) is 93.2 Å². The van der Waals surface area contributed by atoms with Crippen LogP contribution in [0.25, 0.3) is 93.2 Å². The number of para-hydroxylation sites is 2. The average molecular weight is 789 g/mol. The Morgan fingerprint density at radius 1 is 0.290 bits per heavy atom. The first-order chi connectivity index (χ1) is 30.8. The lowest BCUT2D eigenvalue weighted by atomic mass is 9.85. The lowest BCUT2D eigenvalue weighted by Crippen LogP contribution is -2.11. The minimum absolute atomic E-state index is 1.09. The van der Waals surface area contributed by atoms with Gasteiger partial charge in [0.15, 0.2) is 0 Å². The van der Waals surface area contributed by atoms with Gasteiger partial charge in [0.2, 0.25) is 0 Å². The molecule has 1 aromatic heterocycles. The molecule has 0 amide bonds. The van der Waals surface area contributed by atoms with Crippen LogP contribution in [-0.4, -0.2) is 4.57 Å². The predicted octanol–water partition coefficient (Wildman–Crippen LogP) is 16.7. The molecule has 0 fully saturated rings. The number of aromatic nitrogens is 1. The highest BCUT2D eigenvalue weighted by Crippen LogP contribution is 2.48. The molecule has 0 unspecified atom stereocenters. The summed E-state index contributed by atoms with van der Waals surface area (Å²) in [6.07, 6.45) is 0. The molecule has 0 aliphatic rings. The molecule has 2 heteroatoms. The summed E-state index contributed by atoms with van der Waals surface area (Å²) in [6.45, 7) is 0. The molecule has 0 saturated heterocycles.